The molecule has 7 aliphatic heterocycles. The number of carboxylic acids is 1. The Morgan fingerprint density at radius 3 is 1.10 bits per heavy atom. The Bertz CT molecular complexity index is 5650. The molecule has 0 spiro atoms. The van der Waals surface area contributed by atoms with E-state index in [1.807, 2.05) is 124 Å². The molecule has 126 heavy (non-hydrogen) atoms. The molecule has 3 aromatic carbocycles. The minimum atomic E-state index is -1.37. The normalized spacial score (nSPS) is 25.7. The first kappa shape index (κ1) is 90.5. The molecule has 16 atom stereocenters. The van der Waals surface area contributed by atoms with E-state index in [0.717, 1.165) is 49.7 Å². The number of carboxylic acid groups (broad SMARTS) is 1. The zero-order chi connectivity index (χ0) is 88.9. The van der Waals surface area contributed by atoms with Crippen LogP contribution in [-0.4, -0.2) is 279 Å². The highest BCUT2D eigenvalue weighted by molar-refractivity contribution is 7.99. The molecule has 670 valence electrons. The van der Waals surface area contributed by atoms with Crippen molar-refractivity contribution in [3.8, 4) is 17.2 Å². The van der Waals surface area contributed by atoms with Crippen LogP contribution in [0.3, 0.4) is 0 Å². The highest BCUT2D eigenvalue weighted by Crippen LogP contribution is 2.48. The van der Waals surface area contributed by atoms with Crippen molar-refractivity contribution in [1.82, 2.24) is 88.7 Å². The van der Waals surface area contributed by atoms with E-state index >= 15 is 0 Å². The number of Topliss-reactive ketones (excluding diaryl/α,β-unsaturated/α-hetero) is 1. The van der Waals surface area contributed by atoms with E-state index in [9.17, 15) is 39.6 Å². The fourth-order valence-corrected chi connectivity index (χ4v) is 17.8. The fourth-order valence-electron chi connectivity index (χ4n) is 14.9. The lowest BCUT2D eigenvalue weighted by atomic mass is 10.1. The number of thioether (sulfide) groups is 3. The number of aliphatic hydroxyl groups excluding tert-OH is 4. The second-order valence-corrected chi connectivity index (χ2v) is 34.0. The van der Waals surface area contributed by atoms with Crippen LogP contribution in [0.15, 0.2) is 138 Å². The zero-order valence-electron chi connectivity index (χ0n) is 69.4. The van der Waals surface area contributed by atoms with Crippen LogP contribution in [0.2, 0.25) is 5.15 Å². The van der Waals surface area contributed by atoms with Gasteiger partial charge in [-0.1, -0.05) is 83.3 Å². The number of nitrogens with zero attached hydrogens (tertiary/aromatic N) is 16. The van der Waals surface area contributed by atoms with Gasteiger partial charge in [0.05, 0.1) is 66.4 Å². The lowest BCUT2D eigenvalue weighted by Gasteiger charge is -2.24. The van der Waals surface area contributed by atoms with E-state index in [0.29, 0.717) is 61.2 Å². The van der Waals surface area contributed by atoms with Gasteiger partial charge in [0.25, 0.3) is 0 Å². The molecule has 8 aromatic heterocycles. The molecule has 0 radical (unpaired) electrons. The van der Waals surface area contributed by atoms with Gasteiger partial charge in [-0.05, 0) is 102 Å². The lowest BCUT2D eigenvalue weighted by molar-refractivity contribution is -0.200. The summed E-state index contributed by atoms with van der Waals surface area (Å²) in [7, 11) is 4.90. The predicted octanol–water partition coefficient (Wildman–Crippen LogP) is 6.84. The first-order valence-electron chi connectivity index (χ1n) is 39.5. The van der Waals surface area contributed by atoms with Crippen LogP contribution < -0.4 is 24.8 Å². The molecule has 7 saturated heterocycles. The number of aliphatic carboxylic acids is 1. The fraction of sp³-hybridized carbons (Fsp3) is 0.475. The number of aliphatic hydroxyl groups is 4. The number of hydrogen-bond donors (Lipinski definition) is 7. The highest BCUT2D eigenvalue weighted by atomic mass is 35.5. The number of methoxy groups -OCH3 is 3. The average molecular weight is 1820 g/mol. The summed E-state index contributed by atoms with van der Waals surface area (Å²) in [6.45, 7) is 10.9. The summed E-state index contributed by atoms with van der Waals surface area (Å²) >= 11 is 10.6. The van der Waals surface area contributed by atoms with Crippen molar-refractivity contribution in [1.29, 1.82) is 0 Å². The number of nitrogens with one attached hydrogen (secondary N) is 2. The molecule has 42 nitrogen and oxygen atoms in total. The van der Waals surface area contributed by atoms with Crippen molar-refractivity contribution in [3.05, 3.63) is 145 Å². The summed E-state index contributed by atoms with van der Waals surface area (Å²) in [4.78, 5) is 97.4. The minimum absolute atomic E-state index is 0.0780. The van der Waals surface area contributed by atoms with Gasteiger partial charge in [0.1, 0.15) is 178 Å². The highest BCUT2D eigenvalue weighted by Gasteiger charge is 2.59. The summed E-state index contributed by atoms with van der Waals surface area (Å²) in [5.41, 5.74) is 7.89. The number of aromatic nitrogens is 16. The molecule has 2 amide bonds. The number of hydrogen-bond acceptors (Lipinski definition) is 38. The Morgan fingerprint density at radius 1 is 0.421 bits per heavy atom. The second kappa shape index (κ2) is 39.1. The topological polar surface area (TPSA) is 506 Å². The molecular weight excluding hydrogens is 1730 g/mol. The van der Waals surface area contributed by atoms with Gasteiger partial charge >= 0.3 is 18.2 Å². The van der Waals surface area contributed by atoms with Crippen molar-refractivity contribution < 1.29 is 116 Å². The summed E-state index contributed by atoms with van der Waals surface area (Å²) in [5.74, 6) is 0.745. The third kappa shape index (κ3) is 20.3. The van der Waals surface area contributed by atoms with Crippen LogP contribution in [0.5, 0.6) is 17.2 Å². The molecule has 0 aliphatic carbocycles. The standard InChI is InChI=1S/C25H29N5O7S.C21H23N5O8S.C21H24N4O5S.C13H15ClN4O4/c1-14(31)9-26-24(32)34-10-17-19-20(37-25(2,3)36-19)23(35-17)30-13-29-18-21(30)27-12-28-22(18)38-11-15-5-7-16(33-4)8-6-15;1-32-12-4-2-11(3-5-12)8-35-19-15-18(23-9-24-19)26(10-25-15)20-17(30)16(29)13(34-20)7-33-21(31)22-6-14(27)28;1-21(2)29-16-14(8-26)28-20(17(16)30-21)25-11-24-15-18(25)22-10-23-19(15)31-9-12-4-6-13(27-3)7-5-12;1-13(2)21-8-6(3-19)20-12(9(8)22-13)18-5-17-7-10(14)15-4-16-11(7)18/h5-8,12-13,17,19-20,23H,9-11H2,1-4H3,(H,26,32);2-5,9-10,13,16-17,20,29-30H,6-8H2,1H3,(H,22,31)(H,27,28);4-7,10-11,14,16-17,20,26H,8-9H2,1-3H3;4-6,8-9,12,19H,3H2,1-2H3/t17-,19?,20+,23-;13-,16?,17+,20-;14-,16?,17+,20-;6-,8?,9+,12-/m1111/s1. The molecule has 46 heteroatoms. The monoisotopic (exact) mass is 1820 g/mol. The van der Waals surface area contributed by atoms with Crippen LogP contribution >= 0.6 is 46.9 Å². The number of alkyl carbamates (subject to hydrolysis) is 2. The largest absolute Gasteiger partial charge is 0.497 e. The average Bonchev–Trinajstić information content (AvgIpc) is 1.58. The number of halogens is 1. The number of benzene rings is 3. The van der Waals surface area contributed by atoms with E-state index in [2.05, 4.69) is 65.1 Å². The minimum Gasteiger partial charge on any atom is -0.497 e. The van der Waals surface area contributed by atoms with Gasteiger partial charge in [0, 0.05) is 17.3 Å². The van der Waals surface area contributed by atoms with Crippen LogP contribution in [0.25, 0.3) is 44.7 Å². The van der Waals surface area contributed by atoms with Crippen LogP contribution in [0, 0.1) is 0 Å². The Hall–Kier alpha value is -10.3. The molecule has 7 N–H and O–H groups in total. The van der Waals surface area contributed by atoms with Crippen molar-refractivity contribution in [3.63, 3.8) is 0 Å². The molecule has 4 unspecified atom stereocenters. The lowest BCUT2D eigenvalue weighted by Crippen LogP contribution is -2.36. The van der Waals surface area contributed by atoms with E-state index in [1.54, 1.807) is 73.0 Å². The van der Waals surface area contributed by atoms with Gasteiger partial charge in [-0.3, -0.25) is 27.9 Å². The van der Waals surface area contributed by atoms with Gasteiger partial charge in [-0.2, -0.15) is 0 Å². The first-order chi connectivity index (χ1) is 60.6. The van der Waals surface area contributed by atoms with Crippen molar-refractivity contribution in [2.24, 2.45) is 0 Å². The summed E-state index contributed by atoms with van der Waals surface area (Å²) in [6.07, 6.45) is 0.0763. The van der Waals surface area contributed by atoms with Gasteiger partial charge in [-0.15, -0.1) is 0 Å². The Kier molecular flexibility index (Phi) is 28.1. The maximum atomic E-state index is 12.0. The molecule has 15 heterocycles. The number of amides is 2. The third-order valence-corrected chi connectivity index (χ3v) is 24.1. The van der Waals surface area contributed by atoms with E-state index in [1.165, 1.54) is 54.9 Å². The Balaban J connectivity index is 0.000000132. The molecule has 0 saturated carbocycles. The Labute approximate surface area is 735 Å². The number of ketones is 1. The molecule has 7 aliphatic rings. The quantitative estimate of drug-likeness (QED) is 0.0215. The first-order valence-corrected chi connectivity index (χ1v) is 42.9. The molecule has 18 rings (SSSR count). The second-order valence-electron chi connectivity index (χ2n) is 30.7. The molecule has 11 aromatic rings. The van der Waals surface area contributed by atoms with Crippen LogP contribution in [0.4, 0.5) is 9.59 Å². The number of imidazole rings is 4. The van der Waals surface area contributed by atoms with Crippen molar-refractivity contribution in [2.75, 3.05) is 60.8 Å². The van der Waals surface area contributed by atoms with Gasteiger partial charge in [0.2, 0.25) is 0 Å². The molecule has 0 bridgehead atoms. The van der Waals surface area contributed by atoms with Gasteiger partial charge in [-0.25, -0.2) is 69.4 Å². The van der Waals surface area contributed by atoms with Crippen LogP contribution in [0.1, 0.15) is 90.1 Å². The van der Waals surface area contributed by atoms with Crippen LogP contribution in [-0.2, 0) is 83.7 Å². The van der Waals surface area contributed by atoms with Gasteiger partial charge in [0.15, 0.2) is 70.0 Å². The zero-order valence-corrected chi connectivity index (χ0v) is 72.6. The number of fused-ring (bicyclic) bond motifs is 7. The molecule has 7 fully saturated rings. The van der Waals surface area contributed by atoms with Crippen molar-refractivity contribution >= 4 is 115 Å². The summed E-state index contributed by atoms with van der Waals surface area (Å²) in [6, 6.07) is 23.5. The number of carbonyl (C=O) groups excluding carboxylic acids is 3. The summed E-state index contributed by atoms with van der Waals surface area (Å²) < 4.78 is 92.6. The van der Waals surface area contributed by atoms with Gasteiger partial charge < -0.3 is 107 Å². The van der Waals surface area contributed by atoms with Crippen molar-refractivity contribution in [2.45, 2.75) is 196 Å². The summed E-state index contributed by atoms with van der Waals surface area (Å²) in [5, 5.41) is 55.6. The SMILES string of the molecule is CC1(C)OC2[C@@H](CO)O[C@@H](n3cnc4c(Cl)ncnc43)[C@H]2O1.COc1ccc(CSc2ncnc3c2ncn3[C@@H]2O[C@H](CO)C3OC(C)(C)O[C@@H]32)cc1.COc1ccc(CSc2ncnc3c2ncn3[C@@H]2O[C@H](COC(=O)NCC(=O)O)C(O)[C@@H]2O)cc1.COc1ccc(CSc2ncnc3c2ncn3[C@@H]2O[C@H](COC(=O)NCC(C)=O)C3OC(C)(C)O[C@@H]32)cc1. The maximum Gasteiger partial charge on any atom is 0.407 e. The smallest absolute Gasteiger partial charge is 0.407 e. The Morgan fingerprint density at radius 2 is 0.738 bits per heavy atom. The predicted molar refractivity (Wildman–Crippen MR) is 444 cm³/mol. The van der Waals surface area contributed by atoms with E-state index in [4.69, 9.17) is 87.8 Å². The number of ether oxygens (including phenoxy) is 15. The van der Waals surface area contributed by atoms with E-state index < -0.39 is 122 Å². The maximum absolute atomic E-state index is 12.0. The van der Waals surface area contributed by atoms with E-state index in [-0.39, 0.29) is 61.7 Å². The molecular formula is C80H91ClN18O24S3. The third-order valence-electron chi connectivity index (χ3n) is 20.7. The number of carbonyl (C=O) groups is 4. The number of rotatable bonds is 26.